The highest BCUT2D eigenvalue weighted by atomic mass is 32.1. The number of thiophene rings is 1. The lowest BCUT2D eigenvalue weighted by molar-refractivity contribution is 0.103. The monoisotopic (exact) mass is 359 g/mol. The molecule has 1 aromatic carbocycles. The summed E-state index contributed by atoms with van der Waals surface area (Å²) in [4.78, 5) is 29.1. The van der Waals surface area contributed by atoms with Gasteiger partial charge in [0.2, 0.25) is 5.95 Å². The SMILES string of the molecule is O=C(Nc1nc2ccccc2[nH]1)c1ccc(-c2cncc3[nH]ccc23)s1. The molecule has 0 radical (unpaired) electrons. The molecule has 0 saturated carbocycles. The van der Waals surface area contributed by atoms with Crippen LogP contribution >= 0.6 is 11.3 Å². The smallest absolute Gasteiger partial charge is 0.268 e. The van der Waals surface area contributed by atoms with Crippen molar-refractivity contribution >= 4 is 45.1 Å². The van der Waals surface area contributed by atoms with Gasteiger partial charge in [-0.15, -0.1) is 11.3 Å². The molecule has 0 fully saturated rings. The van der Waals surface area contributed by atoms with Crippen molar-refractivity contribution in [1.82, 2.24) is 19.9 Å². The van der Waals surface area contributed by atoms with Crippen molar-refractivity contribution in [3.8, 4) is 10.4 Å². The van der Waals surface area contributed by atoms with Gasteiger partial charge >= 0.3 is 0 Å². The molecule has 5 aromatic rings. The van der Waals surface area contributed by atoms with Crippen molar-refractivity contribution in [3.05, 3.63) is 65.9 Å². The summed E-state index contributed by atoms with van der Waals surface area (Å²) in [6.45, 7) is 0. The Hall–Kier alpha value is -3.45. The van der Waals surface area contributed by atoms with Crippen LogP contribution in [0.25, 0.3) is 32.4 Å². The quantitative estimate of drug-likeness (QED) is 0.446. The Morgan fingerprint density at radius 1 is 1.04 bits per heavy atom. The molecule has 4 heterocycles. The Kier molecular flexibility index (Phi) is 3.32. The number of H-pyrrole nitrogens is 2. The van der Waals surface area contributed by atoms with Crippen LogP contribution in [0.2, 0.25) is 0 Å². The number of carbonyl (C=O) groups excluding carboxylic acids is 1. The van der Waals surface area contributed by atoms with Crippen LogP contribution in [0, 0.1) is 0 Å². The van der Waals surface area contributed by atoms with Crippen LogP contribution in [0.5, 0.6) is 0 Å². The van der Waals surface area contributed by atoms with Crippen molar-refractivity contribution < 1.29 is 4.79 Å². The molecule has 0 aliphatic heterocycles. The molecular weight excluding hydrogens is 346 g/mol. The average Bonchev–Trinajstić information content (AvgIpc) is 3.39. The fourth-order valence-corrected chi connectivity index (χ4v) is 3.89. The number of rotatable bonds is 3. The average molecular weight is 359 g/mol. The molecule has 4 aromatic heterocycles. The molecule has 7 heteroatoms. The molecule has 1 amide bonds. The van der Waals surface area contributed by atoms with Crippen LogP contribution < -0.4 is 5.32 Å². The van der Waals surface area contributed by atoms with E-state index in [0.717, 1.165) is 32.4 Å². The van der Waals surface area contributed by atoms with E-state index >= 15 is 0 Å². The topological polar surface area (TPSA) is 86.5 Å². The van der Waals surface area contributed by atoms with Gasteiger partial charge in [-0.05, 0) is 30.3 Å². The highest BCUT2D eigenvalue weighted by molar-refractivity contribution is 7.17. The fraction of sp³-hybridized carbons (Fsp3) is 0. The van der Waals surface area contributed by atoms with E-state index in [4.69, 9.17) is 0 Å². The zero-order chi connectivity index (χ0) is 17.5. The van der Waals surface area contributed by atoms with E-state index in [9.17, 15) is 4.79 Å². The summed E-state index contributed by atoms with van der Waals surface area (Å²) < 4.78 is 0. The summed E-state index contributed by atoms with van der Waals surface area (Å²) in [5.41, 5.74) is 3.69. The van der Waals surface area contributed by atoms with E-state index < -0.39 is 0 Å². The fourth-order valence-electron chi connectivity index (χ4n) is 2.96. The Bertz CT molecular complexity index is 1220. The summed E-state index contributed by atoms with van der Waals surface area (Å²) in [7, 11) is 0. The molecule has 3 N–H and O–H groups in total. The van der Waals surface area contributed by atoms with E-state index in [2.05, 4.69) is 25.3 Å². The molecular formula is C19H13N5OS. The van der Waals surface area contributed by atoms with Crippen LogP contribution in [0.4, 0.5) is 5.95 Å². The number of para-hydroxylation sites is 2. The number of amides is 1. The summed E-state index contributed by atoms with van der Waals surface area (Å²) >= 11 is 1.43. The Morgan fingerprint density at radius 2 is 1.96 bits per heavy atom. The normalized spacial score (nSPS) is 11.2. The minimum absolute atomic E-state index is 0.186. The van der Waals surface area contributed by atoms with Crippen molar-refractivity contribution in [2.45, 2.75) is 0 Å². The molecule has 5 rings (SSSR count). The minimum Gasteiger partial charge on any atom is -0.360 e. The predicted octanol–water partition coefficient (Wildman–Crippen LogP) is 4.42. The summed E-state index contributed by atoms with van der Waals surface area (Å²) in [6, 6.07) is 13.4. The third kappa shape index (κ3) is 2.46. The van der Waals surface area contributed by atoms with Gasteiger partial charge in [-0.2, -0.15) is 0 Å². The Labute approximate surface area is 151 Å². The van der Waals surface area contributed by atoms with Gasteiger partial charge in [-0.25, -0.2) is 4.98 Å². The van der Waals surface area contributed by atoms with Crippen LogP contribution in [0.15, 0.2) is 61.1 Å². The molecule has 26 heavy (non-hydrogen) atoms. The van der Waals surface area contributed by atoms with Crippen molar-refractivity contribution in [2.24, 2.45) is 0 Å². The maximum absolute atomic E-state index is 12.6. The van der Waals surface area contributed by atoms with Crippen LogP contribution in [-0.2, 0) is 0 Å². The summed E-state index contributed by atoms with van der Waals surface area (Å²) in [6.07, 6.45) is 5.50. The second-order valence-electron chi connectivity index (χ2n) is 5.85. The number of anilines is 1. The molecule has 0 bridgehead atoms. The molecule has 0 unspecified atom stereocenters. The number of imidazole rings is 1. The largest absolute Gasteiger partial charge is 0.360 e. The van der Waals surface area contributed by atoms with Crippen LogP contribution in [-0.4, -0.2) is 25.8 Å². The van der Waals surface area contributed by atoms with Crippen LogP contribution in [0.3, 0.4) is 0 Å². The maximum atomic E-state index is 12.6. The van der Waals surface area contributed by atoms with E-state index in [-0.39, 0.29) is 5.91 Å². The number of aromatic nitrogens is 4. The van der Waals surface area contributed by atoms with Gasteiger partial charge in [0.1, 0.15) is 0 Å². The van der Waals surface area contributed by atoms with Gasteiger partial charge in [0.05, 0.1) is 27.6 Å². The highest BCUT2D eigenvalue weighted by Crippen LogP contribution is 2.33. The number of hydrogen-bond acceptors (Lipinski definition) is 4. The number of pyridine rings is 1. The van der Waals surface area contributed by atoms with E-state index in [1.807, 2.05) is 54.9 Å². The first-order chi connectivity index (χ1) is 12.8. The third-order valence-corrected chi connectivity index (χ3v) is 5.31. The number of fused-ring (bicyclic) bond motifs is 2. The number of carbonyl (C=O) groups is 1. The molecule has 0 saturated heterocycles. The van der Waals surface area contributed by atoms with Gasteiger partial charge in [-0.3, -0.25) is 15.1 Å². The molecule has 6 nitrogen and oxygen atoms in total. The Morgan fingerprint density at radius 3 is 2.88 bits per heavy atom. The highest BCUT2D eigenvalue weighted by Gasteiger charge is 2.14. The Balaban J connectivity index is 1.44. The molecule has 0 aliphatic rings. The lowest BCUT2D eigenvalue weighted by atomic mass is 10.1. The lowest BCUT2D eigenvalue weighted by Gasteiger charge is -2.00. The maximum Gasteiger partial charge on any atom is 0.268 e. The van der Waals surface area contributed by atoms with Gasteiger partial charge in [0.15, 0.2) is 0 Å². The zero-order valence-corrected chi connectivity index (χ0v) is 14.3. The second-order valence-corrected chi connectivity index (χ2v) is 6.93. The number of aromatic amines is 2. The second kappa shape index (κ2) is 5.82. The molecule has 0 atom stereocenters. The van der Waals surface area contributed by atoms with Crippen molar-refractivity contribution in [2.75, 3.05) is 5.32 Å². The minimum atomic E-state index is -0.186. The summed E-state index contributed by atoms with van der Waals surface area (Å²) in [5.74, 6) is 0.259. The van der Waals surface area contributed by atoms with E-state index in [0.29, 0.717) is 10.8 Å². The number of benzene rings is 1. The van der Waals surface area contributed by atoms with Crippen molar-refractivity contribution in [1.29, 1.82) is 0 Å². The van der Waals surface area contributed by atoms with Gasteiger partial charge in [0, 0.05) is 28.2 Å². The number of hydrogen-bond donors (Lipinski definition) is 3. The summed E-state index contributed by atoms with van der Waals surface area (Å²) in [5, 5.41) is 3.92. The van der Waals surface area contributed by atoms with Crippen molar-refractivity contribution in [3.63, 3.8) is 0 Å². The lowest BCUT2D eigenvalue weighted by Crippen LogP contribution is -2.11. The first-order valence-corrected chi connectivity index (χ1v) is 8.87. The molecule has 126 valence electrons. The first-order valence-electron chi connectivity index (χ1n) is 8.05. The van der Waals surface area contributed by atoms with Gasteiger partial charge in [-0.1, -0.05) is 12.1 Å². The van der Waals surface area contributed by atoms with E-state index in [1.54, 1.807) is 6.20 Å². The third-order valence-electron chi connectivity index (χ3n) is 4.19. The van der Waals surface area contributed by atoms with Crippen LogP contribution in [0.1, 0.15) is 9.67 Å². The number of nitrogens with one attached hydrogen (secondary N) is 3. The number of nitrogens with zero attached hydrogens (tertiary/aromatic N) is 2. The van der Waals surface area contributed by atoms with E-state index in [1.165, 1.54) is 11.3 Å². The van der Waals surface area contributed by atoms with Gasteiger partial charge < -0.3 is 9.97 Å². The predicted molar refractivity (Wildman–Crippen MR) is 103 cm³/mol. The zero-order valence-electron chi connectivity index (χ0n) is 13.5. The standard InChI is InChI=1S/C19H13N5OS/c25-18(24-19-22-13-3-1-2-4-14(13)23-19)17-6-5-16(26-17)12-9-20-10-15-11(12)7-8-21-15/h1-10,21H,(H2,22,23,24,25). The van der Waals surface area contributed by atoms with Gasteiger partial charge in [0.25, 0.3) is 5.91 Å². The molecule has 0 aliphatic carbocycles. The first kappa shape index (κ1) is 14.9. The molecule has 0 spiro atoms.